The zero-order valence-corrected chi connectivity index (χ0v) is 8.81. The van der Waals surface area contributed by atoms with E-state index in [1.54, 1.807) is 7.11 Å². The molecule has 66 valence electrons. The van der Waals surface area contributed by atoms with E-state index in [-0.39, 0.29) is 0 Å². The van der Waals surface area contributed by atoms with E-state index in [4.69, 9.17) is 4.84 Å². The molecule has 0 spiro atoms. The van der Waals surface area contributed by atoms with Crippen molar-refractivity contribution >= 4 is 15.9 Å². The summed E-state index contributed by atoms with van der Waals surface area (Å²) in [5.41, 5.74) is 5.25. The minimum atomic E-state index is 0.721. The van der Waals surface area contributed by atoms with Gasteiger partial charge in [0, 0.05) is 11.0 Å². The standard InChI is InChI=1S/C9H12BrNO/c1-7-4-3-5-8(9(7)10)6-11-12-2/h3-5,11H,6H2,1-2H3. The Morgan fingerprint density at radius 3 is 2.92 bits per heavy atom. The van der Waals surface area contributed by atoms with Crippen LogP contribution in [-0.2, 0) is 11.4 Å². The fraction of sp³-hybridized carbons (Fsp3) is 0.333. The number of hydrogen-bond donors (Lipinski definition) is 1. The maximum absolute atomic E-state index is 4.77. The highest BCUT2D eigenvalue weighted by molar-refractivity contribution is 9.10. The minimum Gasteiger partial charge on any atom is -0.305 e. The van der Waals surface area contributed by atoms with Gasteiger partial charge in [0.05, 0.1) is 7.11 Å². The van der Waals surface area contributed by atoms with Crippen LogP contribution in [0.1, 0.15) is 11.1 Å². The molecule has 12 heavy (non-hydrogen) atoms. The first-order valence-electron chi connectivity index (χ1n) is 3.75. The molecule has 0 saturated carbocycles. The van der Waals surface area contributed by atoms with Crippen molar-refractivity contribution in [3.63, 3.8) is 0 Å². The summed E-state index contributed by atoms with van der Waals surface area (Å²) < 4.78 is 1.15. The predicted octanol–water partition coefficient (Wildman–Crippen LogP) is 2.41. The molecule has 1 N–H and O–H groups in total. The van der Waals surface area contributed by atoms with Crippen molar-refractivity contribution in [3.05, 3.63) is 33.8 Å². The first kappa shape index (κ1) is 9.71. The van der Waals surface area contributed by atoms with Crippen molar-refractivity contribution in [2.24, 2.45) is 0 Å². The highest BCUT2D eigenvalue weighted by Gasteiger charge is 2.00. The smallest absolute Gasteiger partial charge is 0.0572 e. The molecule has 0 aromatic heterocycles. The molecule has 1 aromatic rings. The van der Waals surface area contributed by atoms with Crippen LogP contribution in [0.3, 0.4) is 0 Å². The summed E-state index contributed by atoms with van der Waals surface area (Å²) >= 11 is 3.51. The molecule has 0 bridgehead atoms. The van der Waals surface area contributed by atoms with Crippen molar-refractivity contribution in [1.29, 1.82) is 0 Å². The third kappa shape index (κ3) is 2.30. The van der Waals surface area contributed by atoms with Crippen LogP contribution in [0.5, 0.6) is 0 Å². The van der Waals surface area contributed by atoms with E-state index in [1.807, 2.05) is 6.07 Å². The third-order valence-corrected chi connectivity index (χ3v) is 2.81. The lowest BCUT2D eigenvalue weighted by Gasteiger charge is -2.06. The summed E-state index contributed by atoms with van der Waals surface area (Å²) in [5.74, 6) is 0. The SMILES string of the molecule is CONCc1cccc(C)c1Br. The molecule has 0 fully saturated rings. The van der Waals surface area contributed by atoms with Gasteiger partial charge < -0.3 is 4.84 Å². The van der Waals surface area contributed by atoms with E-state index in [2.05, 4.69) is 40.5 Å². The number of hydrogen-bond acceptors (Lipinski definition) is 2. The van der Waals surface area contributed by atoms with Crippen LogP contribution in [0, 0.1) is 6.92 Å². The largest absolute Gasteiger partial charge is 0.305 e. The Kier molecular flexibility index (Phi) is 3.72. The molecule has 2 nitrogen and oxygen atoms in total. The van der Waals surface area contributed by atoms with Gasteiger partial charge in [-0.2, -0.15) is 5.48 Å². The molecule has 0 heterocycles. The second-order valence-electron chi connectivity index (χ2n) is 2.57. The summed E-state index contributed by atoms with van der Waals surface area (Å²) in [6.45, 7) is 2.79. The normalized spacial score (nSPS) is 10.2. The average molecular weight is 230 g/mol. The molecular formula is C9H12BrNO. The number of halogens is 1. The van der Waals surface area contributed by atoms with E-state index < -0.39 is 0 Å². The van der Waals surface area contributed by atoms with Gasteiger partial charge in [0.25, 0.3) is 0 Å². The highest BCUT2D eigenvalue weighted by Crippen LogP contribution is 2.20. The monoisotopic (exact) mass is 229 g/mol. The van der Waals surface area contributed by atoms with Crippen LogP contribution in [-0.4, -0.2) is 7.11 Å². The highest BCUT2D eigenvalue weighted by atomic mass is 79.9. The Morgan fingerprint density at radius 1 is 1.50 bits per heavy atom. The lowest BCUT2D eigenvalue weighted by Crippen LogP contribution is -2.11. The summed E-state index contributed by atoms with van der Waals surface area (Å²) in [5, 5.41) is 0. The summed E-state index contributed by atoms with van der Waals surface area (Å²) in [6.07, 6.45) is 0. The predicted molar refractivity (Wildman–Crippen MR) is 52.7 cm³/mol. The Labute approximate surface area is 81.0 Å². The molecule has 0 saturated heterocycles. The zero-order chi connectivity index (χ0) is 8.97. The van der Waals surface area contributed by atoms with Gasteiger partial charge in [0.15, 0.2) is 0 Å². The summed E-state index contributed by atoms with van der Waals surface area (Å²) in [4.78, 5) is 4.77. The number of nitrogens with one attached hydrogen (secondary N) is 1. The molecule has 3 heteroatoms. The molecule has 0 aliphatic heterocycles. The summed E-state index contributed by atoms with van der Waals surface area (Å²) in [7, 11) is 1.61. The number of rotatable bonds is 3. The molecular weight excluding hydrogens is 218 g/mol. The fourth-order valence-electron chi connectivity index (χ4n) is 0.995. The van der Waals surface area contributed by atoms with Crippen LogP contribution in [0.4, 0.5) is 0 Å². The van der Waals surface area contributed by atoms with Gasteiger partial charge >= 0.3 is 0 Å². The molecule has 0 radical (unpaired) electrons. The van der Waals surface area contributed by atoms with Gasteiger partial charge in [-0.25, -0.2) is 0 Å². The fourth-order valence-corrected chi connectivity index (χ4v) is 1.40. The van der Waals surface area contributed by atoms with E-state index in [9.17, 15) is 0 Å². The van der Waals surface area contributed by atoms with Crippen molar-refractivity contribution in [2.75, 3.05) is 7.11 Å². The van der Waals surface area contributed by atoms with Gasteiger partial charge in [-0.1, -0.05) is 34.1 Å². The van der Waals surface area contributed by atoms with Gasteiger partial charge in [-0.15, -0.1) is 0 Å². The molecule has 0 aliphatic rings. The van der Waals surface area contributed by atoms with Crippen LogP contribution >= 0.6 is 15.9 Å². The minimum absolute atomic E-state index is 0.721. The van der Waals surface area contributed by atoms with Gasteiger partial charge in [0.2, 0.25) is 0 Å². The van der Waals surface area contributed by atoms with Crippen LogP contribution in [0.25, 0.3) is 0 Å². The maximum Gasteiger partial charge on any atom is 0.0572 e. The van der Waals surface area contributed by atoms with Gasteiger partial charge in [-0.3, -0.25) is 0 Å². The molecule has 1 aromatic carbocycles. The average Bonchev–Trinajstić information content (AvgIpc) is 2.08. The number of aryl methyl sites for hydroxylation is 1. The Bertz CT molecular complexity index is 263. The Balaban J connectivity index is 2.78. The van der Waals surface area contributed by atoms with Crippen molar-refractivity contribution in [3.8, 4) is 0 Å². The molecule has 0 unspecified atom stereocenters. The van der Waals surface area contributed by atoms with Crippen LogP contribution < -0.4 is 5.48 Å². The topological polar surface area (TPSA) is 21.3 Å². The zero-order valence-electron chi connectivity index (χ0n) is 7.23. The first-order valence-corrected chi connectivity index (χ1v) is 4.55. The van der Waals surface area contributed by atoms with E-state index in [0.29, 0.717) is 0 Å². The van der Waals surface area contributed by atoms with Gasteiger partial charge in [-0.05, 0) is 18.1 Å². The first-order chi connectivity index (χ1) is 5.75. The Hall–Kier alpha value is -0.380. The maximum atomic E-state index is 4.77. The van der Waals surface area contributed by atoms with Crippen molar-refractivity contribution < 1.29 is 4.84 Å². The number of hydroxylamine groups is 1. The van der Waals surface area contributed by atoms with Gasteiger partial charge in [0.1, 0.15) is 0 Å². The number of benzene rings is 1. The lowest BCUT2D eigenvalue weighted by atomic mass is 10.1. The van der Waals surface area contributed by atoms with E-state index in [0.717, 1.165) is 11.0 Å². The van der Waals surface area contributed by atoms with Crippen molar-refractivity contribution in [2.45, 2.75) is 13.5 Å². The Morgan fingerprint density at radius 2 is 2.25 bits per heavy atom. The summed E-state index contributed by atoms with van der Waals surface area (Å²) in [6, 6.07) is 6.16. The van der Waals surface area contributed by atoms with E-state index in [1.165, 1.54) is 11.1 Å². The lowest BCUT2D eigenvalue weighted by molar-refractivity contribution is 0.0865. The second kappa shape index (κ2) is 4.60. The molecule has 0 atom stereocenters. The third-order valence-electron chi connectivity index (χ3n) is 1.68. The van der Waals surface area contributed by atoms with Crippen LogP contribution in [0.15, 0.2) is 22.7 Å². The quantitative estimate of drug-likeness (QED) is 0.805. The van der Waals surface area contributed by atoms with E-state index >= 15 is 0 Å². The van der Waals surface area contributed by atoms with Crippen molar-refractivity contribution in [1.82, 2.24) is 5.48 Å². The molecule has 0 amide bonds. The van der Waals surface area contributed by atoms with Crippen LogP contribution in [0.2, 0.25) is 0 Å². The molecule has 1 rings (SSSR count). The molecule has 0 aliphatic carbocycles. The second-order valence-corrected chi connectivity index (χ2v) is 3.37.